The summed E-state index contributed by atoms with van der Waals surface area (Å²) in [6.45, 7) is 0. The Morgan fingerprint density at radius 2 is 2.25 bits per heavy atom. The Kier molecular flexibility index (Phi) is 3.25. The Morgan fingerprint density at radius 1 is 1.40 bits per heavy atom. The van der Waals surface area contributed by atoms with Crippen LogP contribution in [-0.2, 0) is 0 Å². The summed E-state index contributed by atoms with van der Waals surface area (Å²) in [6, 6.07) is 4.14. The third-order valence-electron chi connectivity index (χ3n) is 2.59. The van der Waals surface area contributed by atoms with Crippen molar-refractivity contribution in [2.75, 3.05) is 5.43 Å². The summed E-state index contributed by atoms with van der Waals surface area (Å²) < 4.78 is 21.2. The van der Waals surface area contributed by atoms with E-state index in [2.05, 4.69) is 31.3 Å². The van der Waals surface area contributed by atoms with Crippen LogP contribution in [0.25, 0.3) is 5.65 Å². The first-order valence-corrected chi connectivity index (χ1v) is 6.40. The molecule has 20 heavy (non-hydrogen) atoms. The normalized spacial score (nSPS) is 10.8. The van der Waals surface area contributed by atoms with E-state index in [1.54, 1.807) is 29.1 Å². The van der Waals surface area contributed by atoms with Crippen molar-refractivity contribution in [3.63, 3.8) is 0 Å². The molecular weight excluding hydrogens is 329 g/mol. The number of anilines is 1. The molecule has 1 aromatic carbocycles. The first-order valence-electron chi connectivity index (χ1n) is 5.60. The van der Waals surface area contributed by atoms with Crippen molar-refractivity contribution in [2.24, 2.45) is 5.84 Å². The molecule has 0 saturated carbocycles. The molecule has 0 aliphatic heterocycles. The van der Waals surface area contributed by atoms with Crippen LogP contribution in [0.15, 0.2) is 41.3 Å². The zero-order valence-corrected chi connectivity index (χ0v) is 11.6. The van der Waals surface area contributed by atoms with Crippen molar-refractivity contribution >= 4 is 27.4 Å². The van der Waals surface area contributed by atoms with E-state index in [9.17, 15) is 4.39 Å². The number of nitrogens with two attached hydrogens (primary N) is 1. The van der Waals surface area contributed by atoms with Crippen molar-refractivity contribution in [2.45, 2.75) is 0 Å². The Bertz CT molecular complexity index is 776. The van der Waals surface area contributed by atoms with Crippen LogP contribution >= 0.6 is 15.9 Å². The second kappa shape index (κ2) is 5.06. The number of rotatable bonds is 3. The predicted molar refractivity (Wildman–Crippen MR) is 75.0 cm³/mol. The van der Waals surface area contributed by atoms with Crippen molar-refractivity contribution in [1.82, 2.24) is 14.4 Å². The molecule has 0 aliphatic rings. The monoisotopic (exact) mass is 337 g/mol. The van der Waals surface area contributed by atoms with Gasteiger partial charge < -0.3 is 10.2 Å². The van der Waals surface area contributed by atoms with Crippen molar-refractivity contribution in [3.05, 3.63) is 47.1 Å². The average molecular weight is 338 g/mol. The van der Waals surface area contributed by atoms with E-state index in [0.717, 1.165) is 0 Å². The van der Waals surface area contributed by atoms with Gasteiger partial charge in [0.05, 0.1) is 10.7 Å². The van der Waals surface area contributed by atoms with Gasteiger partial charge in [0.1, 0.15) is 11.6 Å². The average Bonchev–Trinajstić information content (AvgIpc) is 2.91. The van der Waals surface area contributed by atoms with Gasteiger partial charge in [0, 0.05) is 18.5 Å². The fourth-order valence-corrected chi connectivity index (χ4v) is 2.03. The van der Waals surface area contributed by atoms with Crippen LogP contribution < -0.4 is 16.0 Å². The van der Waals surface area contributed by atoms with Crippen molar-refractivity contribution in [1.29, 1.82) is 0 Å². The van der Waals surface area contributed by atoms with Gasteiger partial charge in [0.2, 0.25) is 5.65 Å². The number of nitrogens with one attached hydrogen (secondary N) is 1. The molecule has 0 radical (unpaired) electrons. The Labute approximate surface area is 121 Å². The lowest BCUT2D eigenvalue weighted by atomic mass is 10.3. The van der Waals surface area contributed by atoms with E-state index in [1.165, 1.54) is 12.1 Å². The Morgan fingerprint density at radius 3 is 3.05 bits per heavy atom. The molecule has 0 aliphatic carbocycles. The molecule has 0 unspecified atom stereocenters. The molecule has 8 heteroatoms. The summed E-state index contributed by atoms with van der Waals surface area (Å²) in [5, 5.41) is 0. The lowest BCUT2D eigenvalue weighted by Crippen LogP contribution is -2.10. The standard InChI is InChI=1S/C12H9BrFN5O/c13-8-2-1-7(14)5-9(8)20-12-11-16-3-4-19(11)6-10(17-12)18-15/h1-6,18H,15H2. The third kappa shape index (κ3) is 2.30. The number of imidazole rings is 1. The molecule has 0 bridgehead atoms. The summed E-state index contributed by atoms with van der Waals surface area (Å²) in [7, 11) is 0. The van der Waals surface area contributed by atoms with Crippen LogP contribution in [0.4, 0.5) is 10.2 Å². The first-order chi connectivity index (χ1) is 9.67. The number of hydrogen-bond acceptors (Lipinski definition) is 5. The summed E-state index contributed by atoms with van der Waals surface area (Å²) in [5.74, 6) is 5.87. The number of hydrogen-bond donors (Lipinski definition) is 2. The fourth-order valence-electron chi connectivity index (χ4n) is 1.70. The van der Waals surface area contributed by atoms with Crippen LogP contribution in [0, 0.1) is 5.82 Å². The van der Waals surface area contributed by atoms with E-state index >= 15 is 0 Å². The topological polar surface area (TPSA) is 77.5 Å². The van der Waals surface area contributed by atoms with Gasteiger partial charge in [0.25, 0.3) is 5.88 Å². The van der Waals surface area contributed by atoms with E-state index in [4.69, 9.17) is 10.6 Å². The van der Waals surface area contributed by atoms with Gasteiger partial charge in [-0.15, -0.1) is 0 Å². The van der Waals surface area contributed by atoms with Crippen LogP contribution in [0.5, 0.6) is 11.6 Å². The quantitative estimate of drug-likeness (QED) is 0.567. The van der Waals surface area contributed by atoms with Crippen LogP contribution in [0.3, 0.4) is 0 Å². The summed E-state index contributed by atoms with van der Waals surface area (Å²) >= 11 is 3.29. The first kappa shape index (κ1) is 12.8. The van der Waals surface area contributed by atoms with Crippen LogP contribution in [-0.4, -0.2) is 14.4 Å². The van der Waals surface area contributed by atoms with E-state index in [0.29, 0.717) is 21.7 Å². The smallest absolute Gasteiger partial charge is 0.265 e. The van der Waals surface area contributed by atoms with Gasteiger partial charge in [-0.25, -0.2) is 15.2 Å². The highest BCUT2D eigenvalue weighted by atomic mass is 79.9. The molecule has 0 amide bonds. The Hall–Kier alpha value is -2.19. The summed E-state index contributed by atoms with van der Waals surface area (Å²) in [6.07, 6.45) is 4.99. The highest BCUT2D eigenvalue weighted by Crippen LogP contribution is 2.31. The number of aromatic nitrogens is 3. The molecule has 6 nitrogen and oxygen atoms in total. The predicted octanol–water partition coefficient (Wildman–Crippen LogP) is 2.71. The molecule has 0 atom stereocenters. The molecule has 3 aromatic rings. The largest absolute Gasteiger partial charge is 0.435 e. The molecular formula is C12H9BrFN5O. The van der Waals surface area contributed by atoms with Gasteiger partial charge >= 0.3 is 0 Å². The van der Waals surface area contributed by atoms with E-state index < -0.39 is 5.82 Å². The van der Waals surface area contributed by atoms with Crippen LogP contribution in [0.1, 0.15) is 0 Å². The second-order valence-electron chi connectivity index (χ2n) is 3.91. The molecule has 3 rings (SSSR count). The SMILES string of the molecule is NNc1cn2ccnc2c(Oc2cc(F)ccc2Br)n1. The maximum absolute atomic E-state index is 13.3. The van der Waals surface area contributed by atoms with Gasteiger partial charge in [-0.1, -0.05) is 0 Å². The van der Waals surface area contributed by atoms with E-state index in [-0.39, 0.29) is 5.88 Å². The lowest BCUT2D eigenvalue weighted by molar-refractivity contribution is 0.458. The molecule has 102 valence electrons. The number of ether oxygens (including phenoxy) is 1. The minimum atomic E-state index is -0.407. The molecule has 2 aromatic heterocycles. The molecule has 3 N–H and O–H groups in total. The molecule has 0 saturated heterocycles. The zero-order valence-electron chi connectivity index (χ0n) is 10.0. The second-order valence-corrected chi connectivity index (χ2v) is 4.76. The van der Waals surface area contributed by atoms with Crippen molar-refractivity contribution < 1.29 is 9.13 Å². The van der Waals surface area contributed by atoms with Gasteiger partial charge in [-0.2, -0.15) is 4.98 Å². The number of nitrogen functional groups attached to an aromatic ring is 1. The van der Waals surface area contributed by atoms with Gasteiger partial charge in [-0.05, 0) is 28.1 Å². The van der Waals surface area contributed by atoms with Crippen LogP contribution in [0.2, 0.25) is 0 Å². The van der Waals surface area contributed by atoms with Gasteiger partial charge in [-0.3, -0.25) is 4.40 Å². The van der Waals surface area contributed by atoms with Gasteiger partial charge in [0.15, 0.2) is 5.82 Å². The Balaban J connectivity index is 2.09. The number of fused-ring (bicyclic) bond motifs is 1. The fraction of sp³-hybridized carbons (Fsp3) is 0. The summed E-state index contributed by atoms with van der Waals surface area (Å²) in [5.41, 5.74) is 2.94. The minimum Gasteiger partial charge on any atom is -0.435 e. The molecule has 0 spiro atoms. The molecule has 0 fully saturated rings. The lowest BCUT2D eigenvalue weighted by Gasteiger charge is -2.09. The molecule has 2 heterocycles. The van der Waals surface area contributed by atoms with Crippen molar-refractivity contribution in [3.8, 4) is 11.6 Å². The highest BCUT2D eigenvalue weighted by Gasteiger charge is 2.12. The number of benzene rings is 1. The maximum Gasteiger partial charge on any atom is 0.265 e. The summed E-state index contributed by atoms with van der Waals surface area (Å²) in [4.78, 5) is 8.31. The third-order valence-corrected chi connectivity index (χ3v) is 3.25. The zero-order chi connectivity index (χ0) is 14.1. The van der Waals surface area contributed by atoms with E-state index in [1.807, 2.05) is 0 Å². The number of halogens is 2. The highest BCUT2D eigenvalue weighted by molar-refractivity contribution is 9.10. The minimum absolute atomic E-state index is 0.219. The number of nitrogens with zero attached hydrogens (tertiary/aromatic N) is 3. The number of hydrazine groups is 1. The maximum atomic E-state index is 13.3.